The SMILES string of the molecule is Cc1nc2c(c(=O)n1C(c1ccccc1)c1ccccc1)CN(C(C)c1ccc(C(F)(F)F)cc1F)CC2. The van der Waals surface area contributed by atoms with Gasteiger partial charge in [0, 0.05) is 31.1 Å². The molecule has 0 amide bonds. The van der Waals surface area contributed by atoms with Gasteiger partial charge in [-0.25, -0.2) is 9.37 Å². The van der Waals surface area contributed by atoms with E-state index in [9.17, 15) is 22.4 Å². The maximum Gasteiger partial charge on any atom is 0.416 e. The molecular weight excluding hydrogens is 494 g/mol. The summed E-state index contributed by atoms with van der Waals surface area (Å²) in [7, 11) is 0. The van der Waals surface area contributed by atoms with Crippen LogP contribution in [0.4, 0.5) is 17.6 Å². The molecule has 0 saturated heterocycles. The molecule has 1 aromatic heterocycles. The van der Waals surface area contributed by atoms with Gasteiger partial charge in [0.25, 0.3) is 5.56 Å². The third-order valence-corrected chi connectivity index (χ3v) is 7.28. The molecule has 0 saturated carbocycles. The van der Waals surface area contributed by atoms with E-state index in [1.165, 1.54) is 6.07 Å². The molecule has 2 heterocycles. The van der Waals surface area contributed by atoms with Gasteiger partial charge in [0.2, 0.25) is 0 Å². The first-order chi connectivity index (χ1) is 18.1. The van der Waals surface area contributed by atoms with Gasteiger partial charge in [-0.05, 0) is 37.1 Å². The number of rotatable bonds is 5. The van der Waals surface area contributed by atoms with Crippen LogP contribution >= 0.6 is 0 Å². The minimum absolute atomic E-state index is 0.160. The van der Waals surface area contributed by atoms with Gasteiger partial charge in [0.1, 0.15) is 11.6 Å². The van der Waals surface area contributed by atoms with Crippen LogP contribution in [-0.2, 0) is 19.1 Å². The normalized spacial score (nSPS) is 14.9. The molecule has 0 radical (unpaired) electrons. The maximum absolute atomic E-state index is 14.8. The van der Waals surface area contributed by atoms with Crippen molar-refractivity contribution in [1.82, 2.24) is 14.5 Å². The summed E-state index contributed by atoms with van der Waals surface area (Å²) < 4.78 is 55.5. The zero-order valence-corrected chi connectivity index (χ0v) is 21.0. The molecule has 0 N–H and O–H groups in total. The van der Waals surface area contributed by atoms with Crippen molar-refractivity contribution in [2.75, 3.05) is 6.54 Å². The van der Waals surface area contributed by atoms with Gasteiger partial charge < -0.3 is 0 Å². The van der Waals surface area contributed by atoms with Crippen molar-refractivity contribution in [3.05, 3.63) is 134 Å². The largest absolute Gasteiger partial charge is 0.416 e. The van der Waals surface area contributed by atoms with Crippen LogP contribution in [0, 0.1) is 12.7 Å². The van der Waals surface area contributed by atoms with E-state index in [0.29, 0.717) is 36.1 Å². The first kappa shape index (κ1) is 25.9. The van der Waals surface area contributed by atoms with Crippen molar-refractivity contribution in [1.29, 1.82) is 0 Å². The predicted octanol–water partition coefficient (Wildman–Crippen LogP) is 6.47. The van der Waals surface area contributed by atoms with E-state index in [-0.39, 0.29) is 23.7 Å². The molecule has 8 heteroatoms. The van der Waals surface area contributed by atoms with Gasteiger partial charge in [0.05, 0.1) is 22.9 Å². The van der Waals surface area contributed by atoms with Gasteiger partial charge in [-0.2, -0.15) is 13.2 Å². The molecule has 0 aliphatic carbocycles. The van der Waals surface area contributed by atoms with Gasteiger partial charge in [-0.1, -0.05) is 66.7 Å². The van der Waals surface area contributed by atoms with Crippen LogP contribution in [0.1, 0.15) is 58.3 Å². The maximum atomic E-state index is 14.8. The molecule has 0 fully saturated rings. The van der Waals surface area contributed by atoms with Crippen LogP contribution in [0.2, 0.25) is 0 Å². The number of benzene rings is 3. The van der Waals surface area contributed by atoms with Crippen molar-refractivity contribution in [3.8, 4) is 0 Å². The second kappa shape index (κ2) is 10.2. The summed E-state index contributed by atoms with van der Waals surface area (Å²) in [4.78, 5) is 20.8. The Bertz CT molecular complexity index is 1460. The summed E-state index contributed by atoms with van der Waals surface area (Å²) in [6.45, 7) is 4.30. The quantitative estimate of drug-likeness (QED) is 0.283. The van der Waals surface area contributed by atoms with E-state index in [2.05, 4.69) is 0 Å². The second-order valence-corrected chi connectivity index (χ2v) is 9.61. The topological polar surface area (TPSA) is 38.1 Å². The third-order valence-electron chi connectivity index (χ3n) is 7.28. The molecule has 38 heavy (non-hydrogen) atoms. The average molecular weight is 522 g/mol. The highest BCUT2D eigenvalue weighted by Crippen LogP contribution is 2.34. The second-order valence-electron chi connectivity index (χ2n) is 9.61. The molecule has 1 unspecified atom stereocenters. The number of aromatic nitrogens is 2. The fraction of sp³-hybridized carbons (Fsp3) is 0.267. The zero-order valence-electron chi connectivity index (χ0n) is 21.0. The lowest BCUT2D eigenvalue weighted by Crippen LogP contribution is -2.41. The van der Waals surface area contributed by atoms with E-state index < -0.39 is 23.6 Å². The Morgan fingerprint density at radius 2 is 1.53 bits per heavy atom. The summed E-state index contributed by atoms with van der Waals surface area (Å²) in [5, 5.41) is 0. The Morgan fingerprint density at radius 3 is 2.08 bits per heavy atom. The van der Waals surface area contributed by atoms with Crippen LogP contribution in [-0.4, -0.2) is 21.0 Å². The molecule has 1 aliphatic rings. The molecule has 3 aromatic carbocycles. The summed E-state index contributed by atoms with van der Waals surface area (Å²) in [5.41, 5.74) is 2.09. The summed E-state index contributed by atoms with van der Waals surface area (Å²) in [5.74, 6) is -0.312. The lowest BCUT2D eigenvalue weighted by Gasteiger charge is -2.34. The predicted molar refractivity (Wildman–Crippen MR) is 137 cm³/mol. The third kappa shape index (κ3) is 4.88. The van der Waals surface area contributed by atoms with Crippen molar-refractivity contribution in [2.24, 2.45) is 0 Å². The van der Waals surface area contributed by atoms with Crippen molar-refractivity contribution in [2.45, 2.75) is 45.1 Å². The number of hydrogen-bond acceptors (Lipinski definition) is 3. The fourth-order valence-corrected chi connectivity index (χ4v) is 5.26. The van der Waals surface area contributed by atoms with E-state index >= 15 is 0 Å². The Labute approximate surface area is 218 Å². The van der Waals surface area contributed by atoms with Crippen LogP contribution in [0.3, 0.4) is 0 Å². The summed E-state index contributed by atoms with van der Waals surface area (Å²) >= 11 is 0. The molecule has 1 aliphatic heterocycles. The Balaban J connectivity index is 1.53. The van der Waals surface area contributed by atoms with Gasteiger partial charge >= 0.3 is 6.18 Å². The minimum atomic E-state index is -4.62. The highest BCUT2D eigenvalue weighted by atomic mass is 19.4. The van der Waals surface area contributed by atoms with Gasteiger partial charge in [0.15, 0.2) is 0 Å². The van der Waals surface area contributed by atoms with Crippen molar-refractivity contribution >= 4 is 0 Å². The molecular formula is C30H27F4N3O. The number of nitrogens with zero attached hydrogens (tertiary/aromatic N) is 3. The molecule has 1 atom stereocenters. The lowest BCUT2D eigenvalue weighted by molar-refractivity contribution is -0.137. The number of alkyl halides is 3. The molecule has 4 aromatic rings. The lowest BCUT2D eigenvalue weighted by atomic mass is 9.96. The van der Waals surface area contributed by atoms with Crippen molar-refractivity contribution < 1.29 is 17.6 Å². The molecule has 0 bridgehead atoms. The summed E-state index contributed by atoms with van der Waals surface area (Å²) in [6, 6.07) is 21.2. The average Bonchev–Trinajstić information content (AvgIpc) is 2.91. The van der Waals surface area contributed by atoms with Gasteiger partial charge in [-0.3, -0.25) is 14.3 Å². The Kier molecular flexibility index (Phi) is 6.92. The number of fused-ring (bicyclic) bond motifs is 1. The van der Waals surface area contributed by atoms with Crippen molar-refractivity contribution in [3.63, 3.8) is 0 Å². The highest BCUT2D eigenvalue weighted by Gasteiger charge is 2.33. The van der Waals surface area contributed by atoms with Crippen LogP contribution in [0.5, 0.6) is 0 Å². The van der Waals surface area contributed by atoms with Crippen LogP contribution < -0.4 is 5.56 Å². The Morgan fingerprint density at radius 1 is 0.921 bits per heavy atom. The van der Waals surface area contributed by atoms with E-state index in [0.717, 1.165) is 17.2 Å². The highest BCUT2D eigenvalue weighted by molar-refractivity contribution is 5.35. The van der Waals surface area contributed by atoms with Crippen LogP contribution in [0.15, 0.2) is 83.7 Å². The summed E-state index contributed by atoms with van der Waals surface area (Å²) in [6.07, 6.45) is -4.13. The van der Waals surface area contributed by atoms with E-state index in [4.69, 9.17) is 4.98 Å². The smallest absolute Gasteiger partial charge is 0.292 e. The first-order valence-corrected chi connectivity index (χ1v) is 12.5. The zero-order chi connectivity index (χ0) is 27.0. The fourth-order valence-electron chi connectivity index (χ4n) is 5.26. The van der Waals surface area contributed by atoms with E-state index in [1.54, 1.807) is 11.5 Å². The molecule has 196 valence electrons. The number of aryl methyl sites for hydroxylation is 1. The Hall–Kier alpha value is -3.78. The molecule has 0 spiro atoms. The van der Waals surface area contributed by atoms with E-state index in [1.807, 2.05) is 72.5 Å². The number of halogens is 4. The standard InChI is InChI=1S/C30H27F4N3O/c1-19(24-14-13-23(17-26(24)31)30(32,33)34)36-16-15-27-25(18-36)29(38)37(20(2)35-27)28(21-9-5-3-6-10-21)22-11-7-4-8-12-22/h3-14,17,19,28H,15-16,18H2,1-2H3. The minimum Gasteiger partial charge on any atom is -0.292 e. The molecule has 5 rings (SSSR count). The molecule has 4 nitrogen and oxygen atoms in total. The number of hydrogen-bond donors (Lipinski definition) is 0. The monoisotopic (exact) mass is 521 g/mol. The first-order valence-electron chi connectivity index (χ1n) is 12.5. The van der Waals surface area contributed by atoms with Gasteiger partial charge in [-0.15, -0.1) is 0 Å². The van der Waals surface area contributed by atoms with Crippen LogP contribution in [0.25, 0.3) is 0 Å².